The lowest BCUT2D eigenvalue weighted by molar-refractivity contribution is 1.38. The van der Waals surface area contributed by atoms with Crippen LogP contribution in [-0.4, -0.2) is 0 Å². The van der Waals surface area contributed by atoms with Crippen LogP contribution in [0.5, 0.6) is 0 Å². The van der Waals surface area contributed by atoms with Crippen LogP contribution in [0.2, 0.25) is 0 Å². The van der Waals surface area contributed by atoms with E-state index in [1.54, 1.807) is 11.8 Å². The lowest BCUT2D eigenvalue weighted by Gasteiger charge is -2.13. The number of aryl methyl sites for hydroxylation is 2. The van der Waals surface area contributed by atoms with Crippen molar-refractivity contribution in [1.82, 2.24) is 0 Å². The zero-order chi connectivity index (χ0) is 29.4. The van der Waals surface area contributed by atoms with Crippen LogP contribution in [0.1, 0.15) is 11.1 Å². The van der Waals surface area contributed by atoms with Crippen LogP contribution in [0.4, 0.5) is 45.5 Å². The summed E-state index contributed by atoms with van der Waals surface area (Å²) in [7, 11) is 0. The third-order valence-corrected chi connectivity index (χ3v) is 8.10. The van der Waals surface area contributed by atoms with E-state index in [0.29, 0.717) is 0 Å². The summed E-state index contributed by atoms with van der Waals surface area (Å²) in [6.45, 7) is 4.25. The summed E-state index contributed by atoms with van der Waals surface area (Å²) in [6.07, 6.45) is 0. The number of anilines is 8. The second-order valence-electron chi connectivity index (χ2n) is 10.4. The molecule has 0 spiro atoms. The van der Waals surface area contributed by atoms with Gasteiger partial charge in [-0.15, -0.1) is 0 Å². The van der Waals surface area contributed by atoms with E-state index in [4.69, 9.17) is 0 Å². The predicted octanol–water partition coefficient (Wildman–Crippen LogP) is 11.4. The topological polar surface area (TPSA) is 48.1 Å². The third kappa shape index (κ3) is 7.59. The maximum Gasteiger partial charge on any atom is 0.0415 e. The predicted molar refractivity (Wildman–Crippen MR) is 185 cm³/mol. The summed E-state index contributed by atoms with van der Waals surface area (Å²) in [4.78, 5) is 2.39. The second-order valence-corrected chi connectivity index (χ2v) is 11.6. The largest absolute Gasteiger partial charge is 0.356 e. The van der Waals surface area contributed by atoms with Crippen molar-refractivity contribution in [2.75, 3.05) is 21.3 Å². The van der Waals surface area contributed by atoms with Gasteiger partial charge in [-0.25, -0.2) is 0 Å². The van der Waals surface area contributed by atoms with Gasteiger partial charge in [-0.3, -0.25) is 0 Å². The Kier molecular flexibility index (Phi) is 8.62. The van der Waals surface area contributed by atoms with Crippen molar-refractivity contribution in [3.8, 4) is 0 Å². The number of rotatable bonds is 10. The minimum atomic E-state index is 1.06. The smallest absolute Gasteiger partial charge is 0.0415 e. The maximum atomic E-state index is 3.53. The molecule has 0 aliphatic heterocycles. The molecule has 0 aliphatic carbocycles. The molecule has 0 heterocycles. The quantitative estimate of drug-likeness (QED) is 0.130. The highest BCUT2D eigenvalue weighted by atomic mass is 32.2. The Labute approximate surface area is 258 Å². The SMILES string of the molecule is Cc1cc(Nc2ccc(Sc3ccc(Nc4ccc(Nc5ccccc5)c(C)c4)cc3)cc2)ccc1Nc1ccccc1. The van der Waals surface area contributed by atoms with Gasteiger partial charge in [0.1, 0.15) is 0 Å². The second kappa shape index (κ2) is 13.2. The lowest BCUT2D eigenvalue weighted by atomic mass is 10.1. The minimum absolute atomic E-state index is 1.06. The number of para-hydroxylation sites is 2. The van der Waals surface area contributed by atoms with Crippen LogP contribution >= 0.6 is 11.8 Å². The van der Waals surface area contributed by atoms with Crippen molar-refractivity contribution in [1.29, 1.82) is 0 Å². The minimum Gasteiger partial charge on any atom is -0.356 e. The van der Waals surface area contributed by atoms with Crippen LogP contribution in [-0.2, 0) is 0 Å². The first kappa shape index (κ1) is 28.0. The highest BCUT2D eigenvalue weighted by molar-refractivity contribution is 7.99. The van der Waals surface area contributed by atoms with E-state index in [2.05, 4.69) is 144 Å². The molecule has 0 saturated heterocycles. The van der Waals surface area contributed by atoms with Crippen LogP contribution in [0, 0.1) is 13.8 Å². The van der Waals surface area contributed by atoms with E-state index in [1.165, 1.54) is 20.9 Å². The lowest BCUT2D eigenvalue weighted by Crippen LogP contribution is -1.95. The monoisotopic (exact) mass is 578 g/mol. The van der Waals surface area contributed by atoms with Crippen molar-refractivity contribution in [2.45, 2.75) is 23.6 Å². The normalized spacial score (nSPS) is 10.7. The van der Waals surface area contributed by atoms with Crippen molar-refractivity contribution in [2.24, 2.45) is 0 Å². The van der Waals surface area contributed by atoms with Gasteiger partial charge in [0.25, 0.3) is 0 Å². The first-order valence-electron chi connectivity index (χ1n) is 14.3. The first-order chi connectivity index (χ1) is 21.1. The van der Waals surface area contributed by atoms with Gasteiger partial charge in [-0.05, 0) is 134 Å². The molecule has 4 nitrogen and oxygen atoms in total. The Morgan fingerprint density at radius 1 is 0.349 bits per heavy atom. The number of hydrogen-bond donors (Lipinski definition) is 4. The Balaban J connectivity index is 1.02. The number of hydrogen-bond acceptors (Lipinski definition) is 5. The molecule has 4 N–H and O–H groups in total. The molecular weight excluding hydrogens is 545 g/mol. The van der Waals surface area contributed by atoms with E-state index in [1.807, 2.05) is 36.4 Å². The molecule has 0 bridgehead atoms. The van der Waals surface area contributed by atoms with Crippen molar-refractivity contribution < 1.29 is 0 Å². The molecule has 6 rings (SSSR count). The molecule has 0 unspecified atom stereocenters. The molecule has 6 aromatic rings. The van der Waals surface area contributed by atoms with Gasteiger partial charge >= 0.3 is 0 Å². The molecule has 43 heavy (non-hydrogen) atoms. The number of benzene rings is 6. The summed E-state index contributed by atoms with van der Waals surface area (Å²) in [5.74, 6) is 0. The molecular formula is C38H34N4S. The van der Waals surface area contributed by atoms with E-state index in [0.717, 1.165) is 45.5 Å². The van der Waals surface area contributed by atoms with Crippen LogP contribution < -0.4 is 21.3 Å². The molecule has 0 amide bonds. The van der Waals surface area contributed by atoms with Gasteiger partial charge in [0, 0.05) is 55.3 Å². The highest BCUT2D eigenvalue weighted by Gasteiger charge is 2.05. The van der Waals surface area contributed by atoms with Crippen LogP contribution in [0.25, 0.3) is 0 Å². The molecule has 0 saturated carbocycles. The van der Waals surface area contributed by atoms with Crippen molar-refractivity contribution in [3.63, 3.8) is 0 Å². The Morgan fingerprint density at radius 3 is 1.07 bits per heavy atom. The maximum absolute atomic E-state index is 3.53. The Morgan fingerprint density at radius 2 is 0.698 bits per heavy atom. The Hall–Kier alpha value is -5.13. The zero-order valence-electron chi connectivity index (χ0n) is 24.3. The molecule has 0 atom stereocenters. The van der Waals surface area contributed by atoms with Crippen LogP contribution in [0.15, 0.2) is 155 Å². The average molecular weight is 579 g/mol. The standard InChI is InChI=1S/C38H34N4S/c1-27-25-33(17-23-37(27)41-29-9-5-3-6-10-29)39-31-13-19-35(20-14-31)43-36-21-15-32(16-22-36)40-34-18-24-38(28(2)26-34)42-30-11-7-4-8-12-30/h3-26,39-42H,1-2H3. The van der Waals surface area contributed by atoms with Gasteiger partial charge in [-0.1, -0.05) is 48.2 Å². The third-order valence-electron chi connectivity index (χ3n) is 7.08. The average Bonchev–Trinajstić information content (AvgIpc) is 3.03. The van der Waals surface area contributed by atoms with Gasteiger partial charge in [0.2, 0.25) is 0 Å². The van der Waals surface area contributed by atoms with E-state index >= 15 is 0 Å². The van der Waals surface area contributed by atoms with Crippen molar-refractivity contribution >= 4 is 57.3 Å². The molecule has 0 aromatic heterocycles. The summed E-state index contributed by atoms with van der Waals surface area (Å²) < 4.78 is 0. The van der Waals surface area contributed by atoms with Gasteiger partial charge in [-0.2, -0.15) is 0 Å². The van der Waals surface area contributed by atoms with Gasteiger partial charge in [0.15, 0.2) is 0 Å². The fourth-order valence-electron chi connectivity index (χ4n) is 4.80. The molecule has 5 heteroatoms. The summed E-state index contributed by atoms with van der Waals surface area (Å²) in [5, 5.41) is 14.0. The molecule has 212 valence electrons. The molecule has 0 fully saturated rings. The highest BCUT2D eigenvalue weighted by Crippen LogP contribution is 2.32. The van der Waals surface area contributed by atoms with Crippen LogP contribution in [0.3, 0.4) is 0 Å². The zero-order valence-corrected chi connectivity index (χ0v) is 25.1. The summed E-state index contributed by atoms with van der Waals surface area (Å²) in [5.41, 5.74) is 11.0. The molecule has 6 aromatic carbocycles. The fourth-order valence-corrected chi connectivity index (χ4v) is 5.62. The van der Waals surface area contributed by atoms with Crippen molar-refractivity contribution in [3.05, 3.63) is 157 Å². The van der Waals surface area contributed by atoms with E-state index < -0.39 is 0 Å². The summed E-state index contributed by atoms with van der Waals surface area (Å²) in [6, 6.07) is 50.4. The molecule has 0 aliphatic rings. The number of nitrogens with one attached hydrogen (secondary N) is 4. The summed E-state index contributed by atoms with van der Waals surface area (Å²) >= 11 is 1.76. The fraction of sp³-hybridized carbons (Fsp3) is 0.0526. The Bertz CT molecular complexity index is 1650. The first-order valence-corrected chi connectivity index (χ1v) is 15.2. The van der Waals surface area contributed by atoms with Gasteiger partial charge in [0.05, 0.1) is 0 Å². The van der Waals surface area contributed by atoms with E-state index in [9.17, 15) is 0 Å². The van der Waals surface area contributed by atoms with Gasteiger partial charge < -0.3 is 21.3 Å². The van der Waals surface area contributed by atoms with E-state index in [-0.39, 0.29) is 0 Å². The molecule has 0 radical (unpaired) electrons.